The van der Waals surface area contributed by atoms with Gasteiger partial charge >= 0.3 is 0 Å². The van der Waals surface area contributed by atoms with E-state index < -0.39 is 0 Å². The summed E-state index contributed by atoms with van der Waals surface area (Å²) in [6.07, 6.45) is 0. The van der Waals surface area contributed by atoms with Crippen molar-refractivity contribution >= 4 is 5.69 Å². The molecule has 0 amide bonds. The van der Waals surface area contributed by atoms with Crippen molar-refractivity contribution in [3.05, 3.63) is 29.8 Å². The lowest BCUT2D eigenvalue weighted by molar-refractivity contribution is 0.329. The molecule has 2 heteroatoms. The zero-order valence-corrected chi connectivity index (χ0v) is 13.6. The molecule has 0 radical (unpaired) electrons. The Morgan fingerprint density at radius 1 is 1.11 bits per heavy atom. The standard InChI is InChI=1S/C17H30N2/c1-13(2)18-12-15-10-8-9-11-16(15)19(7)14(3)17(4,5)6/h8-11,13-14,18H,12H2,1-7H3. The fraction of sp³-hybridized carbons (Fsp3) is 0.647. The highest BCUT2D eigenvalue weighted by Gasteiger charge is 2.25. The van der Waals surface area contributed by atoms with Crippen LogP contribution in [-0.4, -0.2) is 19.1 Å². The molecular formula is C17H30N2. The van der Waals surface area contributed by atoms with Gasteiger partial charge in [0.1, 0.15) is 0 Å². The molecule has 0 aliphatic rings. The zero-order valence-electron chi connectivity index (χ0n) is 13.6. The van der Waals surface area contributed by atoms with E-state index in [-0.39, 0.29) is 5.41 Å². The fourth-order valence-corrected chi connectivity index (χ4v) is 2.11. The first-order chi connectivity index (χ1) is 8.73. The minimum absolute atomic E-state index is 0.271. The van der Waals surface area contributed by atoms with Crippen LogP contribution in [0.3, 0.4) is 0 Å². The second kappa shape index (κ2) is 6.42. The molecule has 1 N–H and O–H groups in total. The Morgan fingerprint density at radius 3 is 2.21 bits per heavy atom. The van der Waals surface area contributed by atoms with E-state index in [2.05, 4.69) is 83.1 Å². The van der Waals surface area contributed by atoms with Crippen LogP contribution in [0.4, 0.5) is 5.69 Å². The summed E-state index contributed by atoms with van der Waals surface area (Å²) >= 11 is 0. The number of para-hydroxylation sites is 1. The highest BCUT2D eigenvalue weighted by atomic mass is 15.1. The second-order valence-electron chi connectivity index (χ2n) is 6.82. The van der Waals surface area contributed by atoms with E-state index in [0.29, 0.717) is 12.1 Å². The van der Waals surface area contributed by atoms with Gasteiger partial charge in [0.05, 0.1) is 0 Å². The lowest BCUT2D eigenvalue weighted by Crippen LogP contribution is -2.40. The first-order valence-electron chi connectivity index (χ1n) is 7.27. The van der Waals surface area contributed by atoms with Crippen LogP contribution in [0.2, 0.25) is 0 Å². The minimum atomic E-state index is 0.271. The SMILES string of the molecule is CC(C)NCc1ccccc1N(C)C(C)C(C)(C)C. The van der Waals surface area contributed by atoms with Crippen LogP contribution in [0.15, 0.2) is 24.3 Å². The van der Waals surface area contributed by atoms with E-state index >= 15 is 0 Å². The third-order valence-corrected chi connectivity index (χ3v) is 3.91. The van der Waals surface area contributed by atoms with Crippen LogP contribution in [0.5, 0.6) is 0 Å². The monoisotopic (exact) mass is 262 g/mol. The lowest BCUT2D eigenvalue weighted by atomic mass is 9.86. The van der Waals surface area contributed by atoms with Gasteiger partial charge in [-0.25, -0.2) is 0 Å². The third kappa shape index (κ3) is 4.54. The maximum atomic E-state index is 3.51. The molecule has 1 unspecified atom stereocenters. The van der Waals surface area contributed by atoms with E-state index in [0.717, 1.165) is 6.54 Å². The highest BCUT2D eigenvalue weighted by Crippen LogP contribution is 2.29. The molecule has 2 nitrogen and oxygen atoms in total. The molecule has 1 rings (SSSR count). The Morgan fingerprint density at radius 2 is 1.68 bits per heavy atom. The zero-order chi connectivity index (χ0) is 14.6. The number of hydrogen-bond donors (Lipinski definition) is 1. The first kappa shape index (κ1) is 16.0. The number of anilines is 1. The van der Waals surface area contributed by atoms with Crippen molar-refractivity contribution in [1.82, 2.24) is 5.32 Å². The van der Waals surface area contributed by atoms with Gasteiger partial charge in [-0.3, -0.25) is 0 Å². The van der Waals surface area contributed by atoms with Crippen LogP contribution in [0.1, 0.15) is 47.1 Å². The molecule has 0 fully saturated rings. The van der Waals surface area contributed by atoms with Gasteiger partial charge in [-0.2, -0.15) is 0 Å². The average Bonchev–Trinajstić information content (AvgIpc) is 2.33. The van der Waals surface area contributed by atoms with Crippen LogP contribution in [0, 0.1) is 5.41 Å². The van der Waals surface area contributed by atoms with Crippen LogP contribution >= 0.6 is 0 Å². The van der Waals surface area contributed by atoms with Crippen molar-refractivity contribution in [3.8, 4) is 0 Å². The molecule has 0 heterocycles. The number of hydrogen-bond acceptors (Lipinski definition) is 2. The normalized spacial score (nSPS) is 13.7. The molecule has 19 heavy (non-hydrogen) atoms. The van der Waals surface area contributed by atoms with Gasteiger partial charge in [0.2, 0.25) is 0 Å². The lowest BCUT2D eigenvalue weighted by Gasteiger charge is -2.38. The number of nitrogens with zero attached hydrogens (tertiary/aromatic N) is 1. The van der Waals surface area contributed by atoms with Crippen LogP contribution < -0.4 is 10.2 Å². The Kier molecular flexibility index (Phi) is 5.42. The van der Waals surface area contributed by atoms with Crippen molar-refractivity contribution in [2.45, 2.75) is 60.2 Å². The summed E-state index contributed by atoms with van der Waals surface area (Å²) < 4.78 is 0. The predicted molar refractivity (Wildman–Crippen MR) is 85.7 cm³/mol. The summed E-state index contributed by atoms with van der Waals surface area (Å²) in [6, 6.07) is 9.69. The van der Waals surface area contributed by atoms with Crippen molar-refractivity contribution < 1.29 is 0 Å². The topological polar surface area (TPSA) is 15.3 Å². The summed E-state index contributed by atoms with van der Waals surface area (Å²) in [7, 11) is 2.20. The molecule has 0 saturated carbocycles. The number of rotatable bonds is 5. The van der Waals surface area contributed by atoms with Gasteiger partial charge in [0.25, 0.3) is 0 Å². The van der Waals surface area contributed by atoms with Gasteiger partial charge in [0.15, 0.2) is 0 Å². The van der Waals surface area contributed by atoms with E-state index in [1.165, 1.54) is 11.3 Å². The van der Waals surface area contributed by atoms with Crippen molar-refractivity contribution in [2.75, 3.05) is 11.9 Å². The summed E-state index contributed by atoms with van der Waals surface area (Å²) in [5, 5.41) is 3.51. The molecule has 0 bridgehead atoms. The van der Waals surface area contributed by atoms with Gasteiger partial charge in [0, 0.05) is 31.4 Å². The summed E-state index contributed by atoms with van der Waals surface area (Å²) in [5.41, 5.74) is 2.97. The van der Waals surface area contributed by atoms with Crippen molar-refractivity contribution in [3.63, 3.8) is 0 Å². The van der Waals surface area contributed by atoms with Gasteiger partial charge in [-0.15, -0.1) is 0 Å². The third-order valence-electron chi connectivity index (χ3n) is 3.91. The largest absolute Gasteiger partial charge is 0.371 e. The highest BCUT2D eigenvalue weighted by molar-refractivity contribution is 5.54. The number of nitrogens with one attached hydrogen (secondary N) is 1. The van der Waals surface area contributed by atoms with Crippen LogP contribution in [0.25, 0.3) is 0 Å². The van der Waals surface area contributed by atoms with E-state index in [4.69, 9.17) is 0 Å². The summed E-state index contributed by atoms with van der Waals surface area (Å²) in [5.74, 6) is 0. The van der Waals surface area contributed by atoms with Crippen molar-refractivity contribution in [2.24, 2.45) is 5.41 Å². The van der Waals surface area contributed by atoms with Gasteiger partial charge < -0.3 is 10.2 Å². The molecule has 0 spiro atoms. The molecule has 1 aromatic rings. The number of benzene rings is 1. The fourth-order valence-electron chi connectivity index (χ4n) is 2.11. The maximum Gasteiger partial charge on any atom is 0.0411 e. The van der Waals surface area contributed by atoms with E-state index in [1.54, 1.807) is 0 Å². The Labute approximate surface area is 119 Å². The predicted octanol–water partition coefficient (Wildman–Crippen LogP) is 4.06. The smallest absolute Gasteiger partial charge is 0.0411 e. The molecule has 1 atom stereocenters. The van der Waals surface area contributed by atoms with E-state index in [1.807, 2.05) is 0 Å². The molecule has 0 aliphatic carbocycles. The molecule has 1 aromatic carbocycles. The maximum absolute atomic E-state index is 3.51. The minimum Gasteiger partial charge on any atom is -0.371 e. The Balaban J connectivity index is 2.93. The van der Waals surface area contributed by atoms with Gasteiger partial charge in [-0.05, 0) is 24.0 Å². The Bertz CT molecular complexity index is 390. The van der Waals surface area contributed by atoms with E-state index in [9.17, 15) is 0 Å². The van der Waals surface area contributed by atoms with Crippen LogP contribution in [-0.2, 0) is 6.54 Å². The molecule has 108 valence electrons. The molecule has 0 saturated heterocycles. The second-order valence-corrected chi connectivity index (χ2v) is 6.82. The molecule has 0 aromatic heterocycles. The summed E-state index contributed by atoms with van der Waals surface area (Å²) in [6.45, 7) is 14.5. The first-order valence-corrected chi connectivity index (χ1v) is 7.27. The molecule has 0 aliphatic heterocycles. The quantitative estimate of drug-likeness (QED) is 0.861. The van der Waals surface area contributed by atoms with Gasteiger partial charge in [-0.1, -0.05) is 52.8 Å². The summed E-state index contributed by atoms with van der Waals surface area (Å²) in [4.78, 5) is 2.40. The average molecular weight is 262 g/mol. The Hall–Kier alpha value is -1.02. The van der Waals surface area contributed by atoms with Crippen molar-refractivity contribution in [1.29, 1.82) is 0 Å². The molecular weight excluding hydrogens is 232 g/mol.